The molecule has 0 aliphatic carbocycles. The van der Waals surface area contributed by atoms with Crippen LogP contribution in [0.2, 0.25) is 0 Å². The van der Waals surface area contributed by atoms with E-state index >= 15 is 0 Å². The Morgan fingerprint density at radius 3 is 1.27 bits per heavy atom. The maximum absolute atomic E-state index is 13.8. The molecule has 2 rings (SSSR count). The van der Waals surface area contributed by atoms with Gasteiger partial charge in [0.15, 0.2) is 5.78 Å². The SMILES string of the molecule is Cc1c(F)cc(C(F)(F)F)cc1C(=O)c1cc(C(F)(F)F)cc(F)c1C. The quantitative estimate of drug-likeness (QED) is 0.470. The molecule has 0 N–H and O–H groups in total. The highest BCUT2D eigenvalue weighted by atomic mass is 19.4. The number of carbonyl (C=O) groups excluding carboxylic acids is 1. The van der Waals surface area contributed by atoms with E-state index in [1.807, 2.05) is 0 Å². The Hall–Kier alpha value is -2.45. The van der Waals surface area contributed by atoms with Crippen LogP contribution in [0.25, 0.3) is 0 Å². The highest BCUT2D eigenvalue weighted by Gasteiger charge is 2.35. The summed E-state index contributed by atoms with van der Waals surface area (Å²) in [6, 6.07) is 1.01. The normalized spacial score (nSPS) is 12.4. The summed E-state index contributed by atoms with van der Waals surface area (Å²) in [5.41, 5.74) is -5.51. The van der Waals surface area contributed by atoms with E-state index < -0.39 is 63.2 Å². The minimum absolute atomic E-state index is 0.172. The molecule has 0 bridgehead atoms. The van der Waals surface area contributed by atoms with Crippen molar-refractivity contribution in [1.82, 2.24) is 0 Å². The van der Waals surface area contributed by atoms with Gasteiger partial charge in [-0.15, -0.1) is 0 Å². The van der Waals surface area contributed by atoms with Crippen molar-refractivity contribution < 1.29 is 39.9 Å². The van der Waals surface area contributed by atoms with Crippen LogP contribution >= 0.6 is 0 Å². The maximum atomic E-state index is 13.8. The van der Waals surface area contributed by atoms with Gasteiger partial charge >= 0.3 is 12.4 Å². The monoisotopic (exact) mass is 382 g/mol. The van der Waals surface area contributed by atoms with Crippen LogP contribution in [0.5, 0.6) is 0 Å². The Morgan fingerprint density at radius 1 is 0.692 bits per heavy atom. The first-order valence-corrected chi connectivity index (χ1v) is 7.03. The Morgan fingerprint density at radius 2 is 1.00 bits per heavy atom. The predicted molar refractivity (Wildman–Crippen MR) is 75.7 cm³/mol. The van der Waals surface area contributed by atoms with Crippen LogP contribution in [0.15, 0.2) is 24.3 Å². The standard InChI is InChI=1S/C17H10F8O/c1-7-11(3-9(5-13(7)18)16(20,21)22)15(26)12-4-10(17(23,24)25)6-14(19)8(12)2/h3-6H,1-2H3. The summed E-state index contributed by atoms with van der Waals surface area (Å²) in [7, 11) is 0. The van der Waals surface area contributed by atoms with E-state index in [1.165, 1.54) is 0 Å². The zero-order valence-electron chi connectivity index (χ0n) is 13.2. The summed E-state index contributed by atoms with van der Waals surface area (Å²) in [6.07, 6.45) is -9.95. The Labute approximate surface area is 142 Å². The molecular formula is C17H10F8O. The largest absolute Gasteiger partial charge is 0.416 e. The molecule has 0 unspecified atom stereocenters. The van der Waals surface area contributed by atoms with Gasteiger partial charge in [-0.3, -0.25) is 4.79 Å². The van der Waals surface area contributed by atoms with E-state index in [4.69, 9.17) is 0 Å². The van der Waals surface area contributed by atoms with Crippen molar-refractivity contribution in [1.29, 1.82) is 0 Å². The molecule has 0 saturated carbocycles. The van der Waals surface area contributed by atoms with Crippen molar-refractivity contribution in [3.8, 4) is 0 Å². The zero-order chi connectivity index (χ0) is 20.0. The highest BCUT2D eigenvalue weighted by Crippen LogP contribution is 2.35. The van der Waals surface area contributed by atoms with Gasteiger partial charge in [0.1, 0.15) is 11.6 Å². The summed E-state index contributed by atoms with van der Waals surface area (Å²) < 4.78 is 105. The molecule has 0 aliphatic rings. The smallest absolute Gasteiger partial charge is 0.289 e. The number of halogens is 8. The molecule has 0 spiro atoms. The van der Waals surface area contributed by atoms with Crippen LogP contribution in [0, 0.1) is 25.5 Å². The summed E-state index contributed by atoms with van der Waals surface area (Å²) in [6.45, 7) is 2.00. The highest BCUT2D eigenvalue weighted by molar-refractivity contribution is 6.11. The fourth-order valence-corrected chi connectivity index (χ4v) is 2.30. The first-order valence-electron chi connectivity index (χ1n) is 7.03. The maximum Gasteiger partial charge on any atom is 0.416 e. The van der Waals surface area contributed by atoms with E-state index in [2.05, 4.69) is 0 Å². The third kappa shape index (κ3) is 3.71. The third-order valence-corrected chi connectivity index (χ3v) is 3.83. The van der Waals surface area contributed by atoms with E-state index in [0.717, 1.165) is 13.8 Å². The number of benzene rings is 2. The number of hydrogen-bond donors (Lipinski definition) is 0. The number of ketones is 1. The molecule has 0 saturated heterocycles. The first kappa shape index (κ1) is 19.9. The van der Waals surface area contributed by atoms with Gasteiger partial charge in [0.25, 0.3) is 0 Å². The van der Waals surface area contributed by atoms with Crippen molar-refractivity contribution in [2.75, 3.05) is 0 Å². The molecule has 0 aliphatic heterocycles. The van der Waals surface area contributed by atoms with Crippen LogP contribution in [0.4, 0.5) is 35.1 Å². The second kappa shape index (κ2) is 6.37. The summed E-state index contributed by atoms with van der Waals surface area (Å²) in [5.74, 6) is -4.04. The summed E-state index contributed by atoms with van der Waals surface area (Å²) >= 11 is 0. The fraction of sp³-hybridized carbons (Fsp3) is 0.235. The Balaban J connectivity index is 2.71. The second-order valence-corrected chi connectivity index (χ2v) is 5.59. The Bertz CT molecular complexity index is 806. The van der Waals surface area contributed by atoms with Crippen LogP contribution in [-0.2, 0) is 12.4 Å². The molecule has 2 aromatic carbocycles. The number of hydrogen-bond acceptors (Lipinski definition) is 1. The van der Waals surface area contributed by atoms with Crippen molar-refractivity contribution >= 4 is 5.78 Å². The van der Waals surface area contributed by atoms with E-state index in [1.54, 1.807) is 0 Å². The number of carbonyl (C=O) groups is 1. The first-order chi connectivity index (χ1) is 11.7. The molecule has 140 valence electrons. The molecule has 0 radical (unpaired) electrons. The fourth-order valence-electron chi connectivity index (χ4n) is 2.30. The molecule has 2 aromatic rings. The van der Waals surface area contributed by atoms with Gasteiger partial charge in [-0.05, 0) is 49.2 Å². The molecular weight excluding hydrogens is 372 g/mol. The summed E-state index contributed by atoms with van der Waals surface area (Å²) in [4.78, 5) is 12.5. The number of alkyl halides is 6. The van der Waals surface area contributed by atoms with Crippen LogP contribution < -0.4 is 0 Å². The molecule has 0 atom stereocenters. The van der Waals surface area contributed by atoms with Crippen LogP contribution in [-0.4, -0.2) is 5.78 Å². The van der Waals surface area contributed by atoms with E-state index in [0.29, 0.717) is 12.1 Å². The summed E-state index contributed by atoms with van der Waals surface area (Å²) in [5, 5.41) is 0. The predicted octanol–water partition coefficient (Wildman–Crippen LogP) is 5.85. The average Bonchev–Trinajstić information content (AvgIpc) is 2.49. The number of rotatable bonds is 2. The van der Waals surface area contributed by atoms with Gasteiger partial charge < -0.3 is 0 Å². The van der Waals surface area contributed by atoms with Gasteiger partial charge in [-0.1, -0.05) is 0 Å². The molecule has 0 amide bonds. The molecule has 0 fully saturated rings. The van der Waals surface area contributed by atoms with E-state index in [-0.39, 0.29) is 12.1 Å². The topological polar surface area (TPSA) is 17.1 Å². The van der Waals surface area contributed by atoms with Crippen molar-refractivity contribution in [2.24, 2.45) is 0 Å². The van der Waals surface area contributed by atoms with Crippen molar-refractivity contribution in [3.05, 3.63) is 69.3 Å². The minimum atomic E-state index is -4.97. The second-order valence-electron chi connectivity index (χ2n) is 5.59. The lowest BCUT2D eigenvalue weighted by molar-refractivity contribution is -0.138. The molecule has 0 aromatic heterocycles. The Kier molecular flexibility index (Phi) is 4.87. The lowest BCUT2D eigenvalue weighted by atomic mass is 9.92. The molecule has 26 heavy (non-hydrogen) atoms. The van der Waals surface area contributed by atoms with Crippen molar-refractivity contribution in [2.45, 2.75) is 26.2 Å². The van der Waals surface area contributed by atoms with Gasteiger partial charge in [-0.25, -0.2) is 8.78 Å². The third-order valence-electron chi connectivity index (χ3n) is 3.83. The van der Waals surface area contributed by atoms with Crippen LogP contribution in [0.1, 0.15) is 38.2 Å². The van der Waals surface area contributed by atoms with E-state index in [9.17, 15) is 39.9 Å². The van der Waals surface area contributed by atoms with Gasteiger partial charge in [0.2, 0.25) is 0 Å². The minimum Gasteiger partial charge on any atom is -0.289 e. The zero-order valence-corrected chi connectivity index (χ0v) is 13.2. The van der Waals surface area contributed by atoms with Crippen molar-refractivity contribution in [3.63, 3.8) is 0 Å². The van der Waals surface area contributed by atoms with Gasteiger partial charge in [0, 0.05) is 11.1 Å². The molecule has 9 heteroatoms. The molecule has 1 nitrogen and oxygen atoms in total. The molecule has 0 heterocycles. The van der Waals surface area contributed by atoms with Crippen LogP contribution in [0.3, 0.4) is 0 Å². The lowest BCUT2D eigenvalue weighted by Crippen LogP contribution is -2.15. The average molecular weight is 382 g/mol. The lowest BCUT2D eigenvalue weighted by Gasteiger charge is -2.15. The van der Waals surface area contributed by atoms with Gasteiger partial charge in [-0.2, -0.15) is 26.3 Å². The van der Waals surface area contributed by atoms with Gasteiger partial charge in [0.05, 0.1) is 11.1 Å².